The van der Waals surface area contributed by atoms with Crippen molar-refractivity contribution in [1.29, 1.82) is 0 Å². The first-order valence-corrected chi connectivity index (χ1v) is 11.3. The maximum atomic E-state index is 5.92. The molecule has 3 aromatic heterocycles. The van der Waals surface area contributed by atoms with Gasteiger partial charge in [-0.05, 0) is 49.7 Å². The average molecular weight is 440 g/mol. The van der Waals surface area contributed by atoms with Crippen molar-refractivity contribution in [1.82, 2.24) is 24.7 Å². The van der Waals surface area contributed by atoms with Gasteiger partial charge in [0.2, 0.25) is 5.89 Å². The second kappa shape index (κ2) is 8.80. The van der Waals surface area contributed by atoms with E-state index in [-0.39, 0.29) is 0 Å². The van der Waals surface area contributed by atoms with E-state index in [2.05, 4.69) is 38.8 Å². The van der Waals surface area contributed by atoms with Gasteiger partial charge < -0.3 is 4.42 Å². The fourth-order valence-electron chi connectivity index (χ4n) is 3.48. The number of thioether (sulfide) groups is 1. The van der Waals surface area contributed by atoms with E-state index in [1.54, 1.807) is 24.2 Å². The minimum absolute atomic E-state index is 0.628. The zero-order valence-electron chi connectivity index (χ0n) is 17.8. The number of nitrogens with zero attached hydrogens (tertiary/aromatic N) is 5. The molecule has 6 nitrogen and oxygen atoms in total. The van der Waals surface area contributed by atoms with Crippen molar-refractivity contribution in [2.24, 2.45) is 0 Å². The van der Waals surface area contributed by atoms with E-state index >= 15 is 0 Å². The van der Waals surface area contributed by atoms with Gasteiger partial charge in [0.15, 0.2) is 11.0 Å². The first kappa shape index (κ1) is 20.2. The van der Waals surface area contributed by atoms with Crippen LogP contribution < -0.4 is 0 Å². The summed E-state index contributed by atoms with van der Waals surface area (Å²) in [4.78, 5) is 8.86. The van der Waals surface area contributed by atoms with E-state index in [1.165, 1.54) is 0 Å². The van der Waals surface area contributed by atoms with E-state index < -0.39 is 0 Å². The molecule has 0 bridgehead atoms. The Morgan fingerprint density at radius 2 is 1.59 bits per heavy atom. The Bertz CT molecular complexity index is 1350. The molecular weight excluding hydrogens is 418 g/mol. The van der Waals surface area contributed by atoms with Crippen LogP contribution in [-0.4, -0.2) is 24.7 Å². The smallest absolute Gasteiger partial charge is 0.226 e. The third-order valence-electron chi connectivity index (χ3n) is 5.18. The number of oxazole rings is 1. The summed E-state index contributed by atoms with van der Waals surface area (Å²) in [6.07, 6.45) is 3.53. The lowest BCUT2D eigenvalue weighted by molar-refractivity contribution is 0.540. The van der Waals surface area contributed by atoms with Crippen LogP contribution in [0.5, 0.6) is 0 Å². The van der Waals surface area contributed by atoms with Gasteiger partial charge in [-0.25, -0.2) is 4.98 Å². The number of rotatable bonds is 6. The minimum Gasteiger partial charge on any atom is -0.441 e. The largest absolute Gasteiger partial charge is 0.441 e. The normalized spacial score (nSPS) is 11.1. The molecule has 0 spiro atoms. The Kier molecular flexibility index (Phi) is 5.56. The van der Waals surface area contributed by atoms with Crippen LogP contribution in [0.15, 0.2) is 88.7 Å². The van der Waals surface area contributed by atoms with E-state index in [1.807, 2.05) is 61.5 Å². The Balaban J connectivity index is 1.49. The van der Waals surface area contributed by atoms with Crippen molar-refractivity contribution in [3.63, 3.8) is 0 Å². The minimum atomic E-state index is 0.628. The Morgan fingerprint density at radius 1 is 0.844 bits per heavy atom. The zero-order chi connectivity index (χ0) is 21.9. The van der Waals surface area contributed by atoms with Crippen LogP contribution in [-0.2, 0) is 5.75 Å². The van der Waals surface area contributed by atoms with Gasteiger partial charge in [-0.1, -0.05) is 48.2 Å². The highest BCUT2D eigenvalue weighted by atomic mass is 32.2. The van der Waals surface area contributed by atoms with Crippen LogP contribution in [0.1, 0.15) is 17.0 Å². The maximum absolute atomic E-state index is 5.92. The summed E-state index contributed by atoms with van der Waals surface area (Å²) >= 11 is 1.59. The molecule has 0 amide bonds. The second-order valence-electron chi connectivity index (χ2n) is 7.34. The van der Waals surface area contributed by atoms with Gasteiger partial charge in [-0.3, -0.25) is 9.55 Å². The van der Waals surface area contributed by atoms with Gasteiger partial charge >= 0.3 is 0 Å². The van der Waals surface area contributed by atoms with Crippen molar-refractivity contribution >= 4 is 11.8 Å². The molecule has 2 aromatic carbocycles. The molecule has 7 heteroatoms. The molecule has 5 aromatic rings. The van der Waals surface area contributed by atoms with Crippen molar-refractivity contribution < 1.29 is 4.42 Å². The SMILES string of the molecule is Cc1ccccc1-n1c(SCc2nc(-c3ccccc3)oc2C)nnc1-c1ccncc1. The molecule has 0 saturated carbocycles. The lowest BCUT2D eigenvalue weighted by Crippen LogP contribution is -2.02. The molecule has 0 fully saturated rings. The molecule has 0 saturated heterocycles. The molecule has 32 heavy (non-hydrogen) atoms. The molecule has 158 valence electrons. The predicted octanol–water partition coefficient (Wildman–Crippen LogP) is 5.89. The van der Waals surface area contributed by atoms with Crippen molar-refractivity contribution in [3.05, 3.63) is 96.1 Å². The topological polar surface area (TPSA) is 69.6 Å². The molecule has 0 unspecified atom stereocenters. The molecule has 0 radical (unpaired) electrons. The lowest BCUT2D eigenvalue weighted by Gasteiger charge is -2.12. The number of hydrogen-bond acceptors (Lipinski definition) is 6. The predicted molar refractivity (Wildman–Crippen MR) is 126 cm³/mol. The molecule has 5 rings (SSSR count). The Labute approximate surface area is 190 Å². The van der Waals surface area contributed by atoms with Crippen LogP contribution in [0.4, 0.5) is 0 Å². The number of hydrogen-bond donors (Lipinski definition) is 0. The summed E-state index contributed by atoms with van der Waals surface area (Å²) < 4.78 is 8.02. The molecule has 0 aliphatic heterocycles. The van der Waals surface area contributed by atoms with Crippen LogP contribution in [0.25, 0.3) is 28.5 Å². The second-order valence-corrected chi connectivity index (χ2v) is 8.28. The molecule has 0 aliphatic rings. The van der Waals surface area contributed by atoms with Crippen molar-refractivity contribution in [3.8, 4) is 28.5 Å². The monoisotopic (exact) mass is 439 g/mol. The van der Waals surface area contributed by atoms with E-state index in [9.17, 15) is 0 Å². The highest BCUT2D eigenvalue weighted by Crippen LogP contribution is 2.32. The first-order valence-electron chi connectivity index (χ1n) is 10.3. The summed E-state index contributed by atoms with van der Waals surface area (Å²) in [6.45, 7) is 4.04. The third kappa shape index (κ3) is 3.94. The van der Waals surface area contributed by atoms with Crippen LogP contribution in [0.2, 0.25) is 0 Å². The maximum Gasteiger partial charge on any atom is 0.226 e. The molecule has 0 aliphatic carbocycles. The van der Waals surface area contributed by atoms with Crippen LogP contribution in [0.3, 0.4) is 0 Å². The Hall–Kier alpha value is -3.71. The summed E-state index contributed by atoms with van der Waals surface area (Å²) in [7, 11) is 0. The van der Waals surface area contributed by atoms with E-state index in [4.69, 9.17) is 9.40 Å². The number of para-hydroxylation sites is 1. The highest BCUT2D eigenvalue weighted by Gasteiger charge is 2.19. The quantitative estimate of drug-likeness (QED) is 0.307. The molecular formula is C25H21N5OS. The van der Waals surface area contributed by atoms with Crippen LogP contribution >= 0.6 is 11.8 Å². The van der Waals surface area contributed by atoms with Gasteiger partial charge in [0.1, 0.15) is 5.76 Å². The summed E-state index contributed by atoms with van der Waals surface area (Å²) in [5.41, 5.74) is 5.03. The summed E-state index contributed by atoms with van der Waals surface area (Å²) in [5, 5.41) is 9.83. The van der Waals surface area contributed by atoms with Gasteiger partial charge in [0.25, 0.3) is 0 Å². The number of aromatic nitrogens is 5. The number of pyridine rings is 1. The number of aryl methyl sites for hydroxylation is 2. The summed E-state index contributed by atoms with van der Waals surface area (Å²) in [5.74, 6) is 2.86. The Morgan fingerprint density at radius 3 is 2.38 bits per heavy atom. The van der Waals surface area contributed by atoms with E-state index in [0.29, 0.717) is 11.6 Å². The van der Waals surface area contributed by atoms with Crippen LogP contribution in [0, 0.1) is 13.8 Å². The fraction of sp³-hybridized carbons (Fsp3) is 0.120. The third-order valence-corrected chi connectivity index (χ3v) is 6.12. The first-order chi connectivity index (χ1) is 15.7. The summed E-state index contributed by atoms with van der Waals surface area (Å²) in [6, 6.07) is 22.1. The fourth-order valence-corrected chi connectivity index (χ4v) is 4.43. The molecule has 0 N–H and O–H groups in total. The standard InChI is InChI=1S/C25H21N5OS/c1-17-8-6-7-11-22(17)30-23(19-12-14-26-15-13-19)28-29-25(30)32-16-21-18(2)31-24(27-21)20-9-4-3-5-10-20/h3-15H,16H2,1-2H3. The van der Waals surface area contributed by atoms with Gasteiger partial charge in [0.05, 0.1) is 11.4 Å². The average Bonchev–Trinajstić information content (AvgIpc) is 3.42. The number of benzene rings is 2. The molecule has 3 heterocycles. The highest BCUT2D eigenvalue weighted by molar-refractivity contribution is 7.98. The van der Waals surface area contributed by atoms with Gasteiger partial charge in [-0.2, -0.15) is 0 Å². The van der Waals surface area contributed by atoms with Crippen molar-refractivity contribution in [2.75, 3.05) is 0 Å². The van der Waals surface area contributed by atoms with Gasteiger partial charge in [-0.15, -0.1) is 10.2 Å². The van der Waals surface area contributed by atoms with Gasteiger partial charge in [0, 0.05) is 29.3 Å². The zero-order valence-corrected chi connectivity index (χ0v) is 18.6. The van der Waals surface area contributed by atoms with Crippen molar-refractivity contribution in [2.45, 2.75) is 24.8 Å². The van der Waals surface area contributed by atoms with E-state index in [0.717, 1.165) is 44.8 Å². The molecule has 0 atom stereocenters. The lowest BCUT2D eigenvalue weighted by atomic mass is 10.2.